The molecule has 1 heterocycles. The summed E-state index contributed by atoms with van der Waals surface area (Å²) in [5, 5.41) is 3.68. The van der Waals surface area contributed by atoms with Crippen LogP contribution in [0.15, 0.2) is 87.8 Å². The first-order valence-corrected chi connectivity index (χ1v) is 12.4. The molecule has 3 aromatic carbocycles. The molecule has 1 N–H and O–H groups in total. The number of esters is 1. The fraction of sp³-hybridized carbons (Fsp3) is 0.185. The van der Waals surface area contributed by atoms with Gasteiger partial charge in [-0.25, -0.2) is 4.79 Å². The second-order valence-electron chi connectivity index (χ2n) is 8.34. The zero-order chi connectivity index (χ0) is 22.9. The van der Waals surface area contributed by atoms with Crippen LogP contribution in [0.25, 0.3) is 0 Å². The fourth-order valence-corrected chi connectivity index (χ4v) is 5.18. The van der Waals surface area contributed by atoms with Gasteiger partial charge in [-0.1, -0.05) is 68.3 Å². The maximum absolute atomic E-state index is 12.7. The summed E-state index contributed by atoms with van der Waals surface area (Å²) >= 11 is 6.86. The summed E-state index contributed by atoms with van der Waals surface area (Å²) in [4.78, 5) is 25.1. The molecule has 0 fully saturated rings. The molecule has 5 rings (SSSR count). The van der Waals surface area contributed by atoms with Crippen LogP contribution in [0, 0.1) is 5.92 Å². The zero-order valence-electron chi connectivity index (χ0n) is 17.6. The average Bonchev–Trinajstić information content (AvgIpc) is 3.33. The van der Waals surface area contributed by atoms with Gasteiger partial charge in [0, 0.05) is 26.1 Å². The highest BCUT2D eigenvalue weighted by Crippen LogP contribution is 2.50. The van der Waals surface area contributed by atoms with E-state index in [2.05, 4.69) is 73.6 Å². The standard InChI is InChI=1S/C27H21Br2NO3/c28-19-9-4-16(5-10-19)25(31)15-33-27(32)18-8-13-24-23(14-18)21-2-1-3-22(21)26(30-24)17-6-11-20(29)12-7-17/h1-2,4-14,21-22,26,30H,3,15H2/t21-,22-,26+/m1/s1. The van der Waals surface area contributed by atoms with Crippen LogP contribution in [0.1, 0.15) is 50.2 Å². The van der Waals surface area contributed by atoms with E-state index in [-0.39, 0.29) is 24.3 Å². The summed E-state index contributed by atoms with van der Waals surface area (Å²) in [7, 11) is 0. The highest BCUT2D eigenvalue weighted by molar-refractivity contribution is 9.10. The molecule has 1 aliphatic carbocycles. The molecular weight excluding hydrogens is 546 g/mol. The summed E-state index contributed by atoms with van der Waals surface area (Å²) in [5.74, 6) is -0.112. The monoisotopic (exact) mass is 565 g/mol. The molecular formula is C27H21Br2NO3. The quantitative estimate of drug-likeness (QED) is 0.204. The molecule has 0 saturated heterocycles. The van der Waals surface area contributed by atoms with Gasteiger partial charge in [-0.05, 0) is 65.9 Å². The van der Waals surface area contributed by atoms with Crippen molar-refractivity contribution in [1.29, 1.82) is 0 Å². The van der Waals surface area contributed by atoms with Gasteiger partial charge in [-0.3, -0.25) is 4.79 Å². The first-order valence-electron chi connectivity index (χ1n) is 10.8. The highest BCUT2D eigenvalue weighted by atomic mass is 79.9. The van der Waals surface area contributed by atoms with E-state index in [1.165, 1.54) is 5.56 Å². The molecule has 0 bridgehead atoms. The number of carbonyl (C=O) groups is 2. The van der Waals surface area contributed by atoms with Crippen LogP contribution in [0.2, 0.25) is 0 Å². The number of ether oxygens (including phenoxy) is 1. The third kappa shape index (κ3) is 4.55. The Labute approximate surface area is 209 Å². The second kappa shape index (κ2) is 9.27. The molecule has 33 heavy (non-hydrogen) atoms. The minimum Gasteiger partial charge on any atom is -0.454 e. The molecule has 0 spiro atoms. The smallest absolute Gasteiger partial charge is 0.338 e. The zero-order valence-corrected chi connectivity index (χ0v) is 20.8. The topological polar surface area (TPSA) is 55.4 Å². The van der Waals surface area contributed by atoms with Gasteiger partial charge < -0.3 is 10.1 Å². The van der Waals surface area contributed by atoms with Gasteiger partial charge in [0.2, 0.25) is 0 Å². The second-order valence-corrected chi connectivity index (χ2v) is 10.2. The number of anilines is 1. The van der Waals surface area contributed by atoms with Crippen molar-refractivity contribution in [2.45, 2.75) is 18.4 Å². The normalized spacial score (nSPS) is 20.5. The third-order valence-electron chi connectivity index (χ3n) is 6.33. The summed E-state index contributed by atoms with van der Waals surface area (Å²) in [5.41, 5.74) is 4.34. The molecule has 2 aliphatic rings. The third-order valence-corrected chi connectivity index (χ3v) is 7.39. The number of benzene rings is 3. The van der Waals surface area contributed by atoms with Crippen LogP contribution in [0.3, 0.4) is 0 Å². The summed E-state index contributed by atoms with van der Waals surface area (Å²) in [6.07, 6.45) is 5.44. The highest BCUT2D eigenvalue weighted by Gasteiger charge is 2.38. The Bertz CT molecular complexity index is 1240. The number of Topliss-reactive ketones (excluding diaryl/α,β-unsaturated/α-hetero) is 1. The molecule has 4 nitrogen and oxygen atoms in total. The number of carbonyl (C=O) groups excluding carboxylic acids is 2. The number of fused-ring (bicyclic) bond motifs is 3. The first kappa shape index (κ1) is 22.1. The number of rotatable bonds is 5. The predicted octanol–water partition coefficient (Wildman–Crippen LogP) is 7.08. The Morgan fingerprint density at radius 1 is 0.909 bits per heavy atom. The molecule has 0 aromatic heterocycles. The molecule has 0 saturated carbocycles. The SMILES string of the molecule is O=C(COC(=O)c1ccc2c(c1)[C@@H]1C=CC[C@H]1[C@H](c1ccc(Br)cc1)N2)c1ccc(Br)cc1. The molecule has 3 atom stereocenters. The van der Waals surface area contributed by atoms with Crippen molar-refractivity contribution in [3.63, 3.8) is 0 Å². The van der Waals surface area contributed by atoms with E-state index in [1.54, 1.807) is 30.3 Å². The van der Waals surface area contributed by atoms with Gasteiger partial charge in [0.05, 0.1) is 11.6 Å². The van der Waals surface area contributed by atoms with Crippen molar-refractivity contribution in [3.8, 4) is 0 Å². The van der Waals surface area contributed by atoms with Gasteiger partial charge in [-0.15, -0.1) is 0 Å². The number of nitrogens with one attached hydrogen (secondary N) is 1. The van der Waals surface area contributed by atoms with Crippen molar-refractivity contribution in [2.75, 3.05) is 11.9 Å². The predicted molar refractivity (Wildman–Crippen MR) is 136 cm³/mol. The molecule has 0 radical (unpaired) electrons. The number of halogens is 2. The first-order chi connectivity index (χ1) is 16.0. The Morgan fingerprint density at radius 3 is 2.30 bits per heavy atom. The van der Waals surface area contributed by atoms with E-state index in [1.807, 2.05) is 12.1 Å². The average molecular weight is 567 g/mol. The summed E-state index contributed by atoms with van der Waals surface area (Å²) in [6, 6.07) is 21.2. The summed E-state index contributed by atoms with van der Waals surface area (Å²) in [6.45, 7) is -0.284. The number of hydrogen-bond donors (Lipinski definition) is 1. The van der Waals surface area contributed by atoms with Gasteiger partial charge in [0.1, 0.15) is 0 Å². The van der Waals surface area contributed by atoms with E-state index < -0.39 is 5.97 Å². The largest absolute Gasteiger partial charge is 0.454 e. The molecule has 0 amide bonds. The van der Waals surface area contributed by atoms with E-state index in [0.29, 0.717) is 17.0 Å². The molecule has 3 aromatic rings. The number of ketones is 1. The van der Waals surface area contributed by atoms with Gasteiger partial charge in [-0.2, -0.15) is 0 Å². The van der Waals surface area contributed by atoms with E-state index >= 15 is 0 Å². The molecule has 6 heteroatoms. The van der Waals surface area contributed by atoms with E-state index in [0.717, 1.165) is 26.6 Å². The molecule has 166 valence electrons. The Balaban J connectivity index is 1.33. The minimum atomic E-state index is -0.489. The lowest BCUT2D eigenvalue weighted by atomic mass is 9.76. The van der Waals surface area contributed by atoms with E-state index in [4.69, 9.17) is 4.74 Å². The van der Waals surface area contributed by atoms with Crippen molar-refractivity contribution >= 4 is 49.3 Å². The maximum Gasteiger partial charge on any atom is 0.338 e. The molecule has 0 unspecified atom stereocenters. The summed E-state index contributed by atoms with van der Waals surface area (Å²) < 4.78 is 7.29. The van der Waals surface area contributed by atoms with Crippen molar-refractivity contribution in [2.24, 2.45) is 5.92 Å². The fourth-order valence-electron chi connectivity index (χ4n) is 4.66. The van der Waals surface area contributed by atoms with Gasteiger partial charge in [0.15, 0.2) is 12.4 Å². The van der Waals surface area contributed by atoms with E-state index in [9.17, 15) is 9.59 Å². The van der Waals surface area contributed by atoms with Crippen LogP contribution in [0.4, 0.5) is 5.69 Å². The minimum absolute atomic E-state index is 0.201. The maximum atomic E-state index is 12.7. The Hall–Kier alpha value is -2.70. The Morgan fingerprint density at radius 2 is 1.58 bits per heavy atom. The lowest BCUT2D eigenvalue weighted by Crippen LogP contribution is -2.29. The lowest BCUT2D eigenvalue weighted by molar-refractivity contribution is 0.0474. The van der Waals surface area contributed by atoms with Crippen LogP contribution < -0.4 is 5.32 Å². The number of allylic oxidation sites excluding steroid dienone is 2. The van der Waals surface area contributed by atoms with Crippen molar-refractivity contribution in [3.05, 3.63) is 110 Å². The van der Waals surface area contributed by atoms with Gasteiger partial charge in [0.25, 0.3) is 0 Å². The van der Waals surface area contributed by atoms with Crippen LogP contribution in [-0.2, 0) is 4.74 Å². The van der Waals surface area contributed by atoms with Crippen LogP contribution in [0.5, 0.6) is 0 Å². The van der Waals surface area contributed by atoms with Gasteiger partial charge >= 0.3 is 5.97 Å². The lowest BCUT2D eigenvalue weighted by Gasteiger charge is -2.37. The van der Waals surface area contributed by atoms with Crippen molar-refractivity contribution in [1.82, 2.24) is 0 Å². The molecule has 1 aliphatic heterocycles. The van der Waals surface area contributed by atoms with Crippen LogP contribution >= 0.6 is 31.9 Å². The number of hydrogen-bond acceptors (Lipinski definition) is 4. The van der Waals surface area contributed by atoms with Crippen molar-refractivity contribution < 1.29 is 14.3 Å². The Kier molecular flexibility index (Phi) is 6.21. The van der Waals surface area contributed by atoms with Crippen LogP contribution in [-0.4, -0.2) is 18.4 Å².